The van der Waals surface area contributed by atoms with Crippen LogP contribution in [0.15, 0.2) is 40.9 Å². The van der Waals surface area contributed by atoms with Gasteiger partial charge < -0.3 is 9.80 Å². The van der Waals surface area contributed by atoms with Gasteiger partial charge in [-0.05, 0) is 36.4 Å². The van der Waals surface area contributed by atoms with Crippen molar-refractivity contribution in [1.82, 2.24) is 9.80 Å². The molecule has 0 saturated carbocycles. The lowest BCUT2D eigenvalue weighted by atomic mass is 10.1. The SMILES string of the molecule is O=C(c1ccc(Br)cc1F)N1CCN(C(=O)c2ccc(Cl)cc2Cl)CC1. The third-order valence-electron chi connectivity index (χ3n) is 4.18. The van der Waals surface area contributed by atoms with E-state index in [1.54, 1.807) is 28.0 Å². The smallest absolute Gasteiger partial charge is 0.256 e. The largest absolute Gasteiger partial charge is 0.335 e. The zero-order valence-corrected chi connectivity index (χ0v) is 16.6. The summed E-state index contributed by atoms with van der Waals surface area (Å²) in [6.45, 7) is 1.35. The molecular weight excluding hydrogens is 446 g/mol. The molecule has 0 spiro atoms. The molecule has 0 aromatic heterocycles. The maximum absolute atomic E-state index is 14.0. The van der Waals surface area contributed by atoms with Crippen LogP contribution < -0.4 is 0 Å². The number of piperazine rings is 1. The summed E-state index contributed by atoms with van der Waals surface area (Å²) in [5, 5.41) is 0.747. The van der Waals surface area contributed by atoms with Gasteiger partial charge >= 0.3 is 0 Å². The number of nitrogens with zero attached hydrogens (tertiary/aromatic N) is 2. The van der Waals surface area contributed by atoms with Crippen LogP contribution in [-0.2, 0) is 0 Å². The van der Waals surface area contributed by atoms with Crippen molar-refractivity contribution in [3.05, 3.63) is 67.9 Å². The predicted octanol–water partition coefficient (Wildman–Crippen LogP) is 4.49. The highest BCUT2D eigenvalue weighted by Crippen LogP contribution is 2.23. The van der Waals surface area contributed by atoms with E-state index in [2.05, 4.69) is 15.9 Å². The highest BCUT2D eigenvalue weighted by molar-refractivity contribution is 9.10. The van der Waals surface area contributed by atoms with Crippen LogP contribution in [0.2, 0.25) is 10.0 Å². The Morgan fingerprint density at radius 2 is 1.42 bits per heavy atom. The van der Waals surface area contributed by atoms with E-state index in [0.29, 0.717) is 41.2 Å². The summed E-state index contributed by atoms with van der Waals surface area (Å²) >= 11 is 15.1. The summed E-state index contributed by atoms with van der Waals surface area (Å²) in [5.41, 5.74) is 0.392. The molecular formula is C18H14BrCl2FN2O2. The summed E-state index contributed by atoms with van der Waals surface area (Å²) in [7, 11) is 0. The number of hydrogen-bond acceptors (Lipinski definition) is 2. The number of carbonyl (C=O) groups excluding carboxylic acids is 2. The Morgan fingerprint density at radius 1 is 0.885 bits per heavy atom. The van der Waals surface area contributed by atoms with Gasteiger partial charge in [-0.15, -0.1) is 0 Å². The van der Waals surface area contributed by atoms with E-state index in [4.69, 9.17) is 23.2 Å². The van der Waals surface area contributed by atoms with E-state index in [-0.39, 0.29) is 22.4 Å². The minimum Gasteiger partial charge on any atom is -0.335 e. The summed E-state index contributed by atoms with van der Waals surface area (Å²) in [6.07, 6.45) is 0. The Bertz CT molecular complexity index is 799. The van der Waals surface area contributed by atoms with Crippen LogP contribution in [0.25, 0.3) is 0 Å². The normalized spacial score (nSPS) is 14.5. The molecule has 0 bridgehead atoms. The number of rotatable bonds is 2. The zero-order valence-electron chi connectivity index (χ0n) is 13.5. The van der Waals surface area contributed by atoms with E-state index in [9.17, 15) is 14.0 Å². The van der Waals surface area contributed by atoms with Gasteiger partial charge in [0.2, 0.25) is 0 Å². The zero-order chi connectivity index (χ0) is 18.8. The van der Waals surface area contributed by atoms with Crippen LogP contribution in [0.4, 0.5) is 4.39 Å². The van der Waals surface area contributed by atoms with Gasteiger partial charge in [0.25, 0.3) is 11.8 Å². The van der Waals surface area contributed by atoms with Crippen molar-refractivity contribution in [2.75, 3.05) is 26.2 Å². The number of carbonyl (C=O) groups is 2. The molecule has 0 aliphatic carbocycles. The molecule has 136 valence electrons. The standard InChI is InChI=1S/C18H14BrCl2FN2O2/c19-11-1-3-14(16(22)9-11)18(26)24-7-5-23(6-8-24)17(25)13-4-2-12(20)10-15(13)21/h1-4,9-10H,5-8H2. The molecule has 1 heterocycles. The van der Waals surface area contributed by atoms with Gasteiger partial charge in [-0.1, -0.05) is 39.1 Å². The summed E-state index contributed by atoms with van der Waals surface area (Å²) in [4.78, 5) is 28.3. The van der Waals surface area contributed by atoms with Crippen LogP contribution in [0.3, 0.4) is 0 Å². The number of benzene rings is 2. The quantitative estimate of drug-likeness (QED) is 0.663. The number of amides is 2. The molecule has 0 atom stereocenters. The fourth-order valence-electron chi connectivity index (χ4n) is 2.78. The molecule has 1 saturated heterocycles. The topological polar surface area (TPSA) is 40.6 Å². The van der Waals surface area contributed by atoms with Gasteiger partial charge in [0.15, 0.2) is 0 Å². The number of hydrogen-bond donors (Lipinski definition) is 0. The summed E-state index contributed by atoms with van der Waals surface area (Å²) < 4.78 is 14.6. The van der Waals surface area contributed by atoms with E-state index < -0.39 is 5.82 Å². The van der Waals surface area contributed by atoms with Gasteiger partial charge in [0.1, 0.15) is 5.82 Å². The second kappa shape index (κ2) is 7.94. The minimum absolute atomic E-state index is 0.0220. The van der Waals surface area contributed by atoms with Crippen LogP contribution in [-0.4, -0.2) is 47.8 Å². The molecule has 0 unspecified atom stereocenters. The molecule has 2 amide bonds. The maximum atomic E-state index is 14.0. The van der Waals surface area contributed by atoms with Crippen molar-refractivity contribution >= 4 is 50.9 Å². The molecule has 0 N–H and O–H groups in total. The van der Waals surface area contributed by atoms with Crippen molar-refractivity contribution in [3.8, 4) is 0 Å². The summed E-state index contributed by atoms with van der Waals surface area (Å²) in [6, 6.07) is 9.05. The molecule has 8 heteroatoms. The third-order valence-corrected chi connectivity index (χ3v) is 5.22. The second-order valence-corrected chi connectivity index (χ2v) is 7.59. The summed E-state index contributed by atoms with van der Waals surface area (Å²) in [5.74, 6) is -1.17. The van der Waals surface area contributed by atoms with Crippen LogP contribution in [0.5, 0.6) is 0 Å². The van der Waals surface area contributed by atoms with Crippen molar-refractivity contribution in [2.24, 2.45) is 0 Å². The second-order valence-electron chi connectivity index (χ2n) is 5.83. The fourth-order valence-corrected chi connectivity index (χ4v) is 3.60. The lowest BCUT2D eigenvalue weighted by molar-refractivity contribution is 0.0533. The van der Waals surface area contributed by atoms with Crippen molar-refractivity contribution < 1.29 is 14.0 Å². The molecule has 1 fully saturated rings. The van der Waals surface area contributed by atoms with E-state index in [0.717, 1.165) is 0 Å². The van der Waals surface area contributed by atoms with Gasteiger partial charge in [-0.2, -0.15) is 0 Å². The molecule has 2 aromatic carbocycles. The Balaban J connectivity index is 1.67. The van der Waals surface area contributed by atoms with Crippen LogP contribution >= 0.6 is 39.1 Å². The van der Waals surface area contributed by atoms with Crippen molar-refractivity contribution in [3.63, 3.8) is 0 Å². The molecule has 2 aromatic rings. The molecule has 1 aliphatic rings. The van der Waals surface area contributed by atoms with Crippen LogP contribution in [0, 0.1) is 5.82 Å². The minimum atomic E-state index is -0.573. The Morgan fingerprint density at radius 3 is 1.96 bits per heavy atom. The van der Waals surface area contributed by atoms with Gasteiger partial charge in [-0.25, -0.2) is 4.39 Å². The van der Waals surface area contributed by atoms with Gasteiger partial charge in [0.05, 0.1) is 16.1 Å². The van der Waals surface area contributed by atoms with Gasteiger partial charge in [-0.3, -0.25) is 9.59 Å². The molecule has 1 aliphatic heterocycles. The highest BCUT2D eigenvalue weighted by Gasteiger charge is 2.27. The lowest BCUT2D eigenvalue weighted by Crippen LogP contribution is -2.50. The van der Waals surface area contributed by atoms with E-state index in [1.165, 1.54) is 18.2 Å². The molecule has 0 radical (unpaired) electrons. The van der Waals surface area contributed by atoms with Gasteiger partial charge in [0, 0.05) is 35.7 Å². The van der Waals surface area contributed by atoms with Crippen molar-refractivity contribution in [2.45, 2.75) is 0 Å². The number of halogens is 4. The first-order valence-electron chi connectivity index (χ1n) is 7.85. The monoisotopic (exact) mass is 458 g/mol. The molecule has 26 heavy (non-hydrogen) atoms. The first kappa shape index (κ1) is 19.1. The van der Waals surface area contributed by atoms with E-state index in [1.807, 2.05) is 0 Å². The first-order valence-corrected chi connectivity index (χ1v) is 9.40. The predicted molar refractivity (Wildman–Crippen MR) is 102 cm³/mol. The average Bonchev–Trinajstić information content (AvgIpc) is 2.61. The first-order chi connectivity index (χ1) is 12.4. The van der Waals surface area contributed by atoms with Crippen LogP contribution in [0.1, 0.15) is 20.7 Å². The molecule has 3 rings (SSSR count). The fraction of sp³-hybridized carbons (Fsp3) is 0.222. The van der Waals surface area contributed by atoms with Crippen molar-refractivity contribution in [1.29, 1.82) is 0 Å². The maximum Gasteiger partial charge on any atom is 0.256 e. The Kier molecular flexibility index (Phi) is 5.85. The molecule has 4 nitrogen and oxygen atoms in total. The Hall–Kier alpha value is -1.63. The highest BCUT2D eigenvalue weighted by atomic mass is 79.9. The average molecular weight is 460 g/mol. The Labute approximate surface area is 168 Å². The third kappa shape index (κ3) is 4.03. The van der Waals surface area contributed by atoms with E-state index >= 15 is 0 Å². The lowest BCUT2D eigenvalue weighted by Gasteiger charge is -2.35.